The van der Waals surface area contributed by atoms with Crippen LogP contribution < -0.4 is 9.88 Å². The van der Waals surface area contributed by atoms with Crippen molar-refractivity contribution in [2.24, 2.45) is 5.14 Å². The highest BCUT2D eigenvalue weighted by Crippen LogP contribution is 2.18. The van der Waals surface area contributed by atoms with Crippen LogP contribution in [0.1, 0.15) is 27.0 Å². The zero-order valence-electron chi connectivity index (χ0n) is 14.4. The quantitative estimate of drug-likeness (QED) is 0.628. The first-order valence-electron chi connectivity index (χ1n) is 7.69. The van der Waals surface area contributed by atoms with Crippen LogP contribution in [0.25, 0.3) is 0 Å². The van der Waals surface area contributed by atoms with Gasteiger partial charge >= 0.3 is 5.97 Å². The number of primary sulfonamides is 1. The minimum absolute atomic E-state index is 0.0107. The summed E-state index contributed by atoms with van der Waals surface area (Å²) in [4.78, 5) is 12.2. The number of hydrogen-bond acceptors (Lipinski definition) is 5. The Balaban J connectivity index is 1.88. The number of esters is 1. The van der Waals surface area contributed by atoms with E-state index >= 15 is 0 Å². The van der Waals surface area contributed by atoms with E-state index in [0.29, 0.717) is 11.3 Å². The van der Waals surface area contributed by atoms with Gasteiger partial charge in [0.25, 0.3) is 0 Å². The Morgan fingerprint density at radius 3 is 2.08 bits per heavy atom. The fourth-order valence-electron chi connectivity index (χ4n) is 2.59. The first-order valence-corrected chi connectivity index (χ1v) is 9.24. The van der Waals surface area contributed by atoms with Gasteiger partial charge in [0.15, 0.2) is 0 Å². The average molecular weight is 363 g/mol. The van der Waals surface area contributed by atoms with Gasteiger partial charge in [-0.05, 0) is 56.2 Å². The summed E-state index contributed by atoms with van der Waals surface area (Å²) in [5.41, 5.74) is 3.42. The molecule has 0 aliphatic rings. The molecule has 0 aromatic heterocycles. The van der Waals surface area contributed by atoms with Gasteiger partial charge in [-0.2, -0.15) is 0 Å². The molecule has 0 bridgehead atoms. The molecule has 0 heterocycles. The monoisotopic (exact) mass is 363 g/mol. The zero-order valence-corrected chi connectivity index (χ0v) is 15.2. The highest BCUT2D eigenvalue weighted by atomic mass is 32.2. The molecule has 134 valence electrons. The summed E-state index contributed by atoms with van der Waals surface area (Å²) in [6.07, 6.45) is 0. The van der Waals surface area contributed by atoms with Gasteiger partial charge in [-0.25, -0.2) is 18.4 Å². The summed E-state index contributed by atoms with van der Waals surface area (Å²) < 4.78 is 33.0. The minimum Gasteiger partial charge on any atom is -0.490 e. The molecular weight excluding hydrogens is 342 g/mol. The Morgan fingerprint density at radius 1 is 1.00 bits per heavy atom. The largest absolute Gasteiger partial charge is 0.490 e. The molecule has 0 saturated heterocycles. The van der Waals surface area contributed by atoms with Gasteiger partial charge < -0.3 is 9.47 Å². The lowest BCUT2D eigenvalue weighted by Gasteiger charge is -2.12. The molecule has 0 spiro atoms. The molecule has 0 atom stereocenters. The lowest BCUT2D eigenvalue weighted by atomic mass is 10.00. The number of aryl methyl sites for hydroxylation is 3. The van der Waals surface area contributed by atoms with E-state index in [4.69, 9.17) is 14.6 Å². The zero-order chi connectivity index (χ0) is 18.6. The lowest BCUT2D eigenvalue weighted by Crippen LogP contribution is -2.15. The normalized spacial score (nSPS) is 11.2. The maximum atomic E-state index is 12.2. The Labute approximate surface area is 147 Å². The molecule has 0 aliphatic carbocycles. The highest BCUT2D eigenvalue weighted by Gasteiger charge is 2.14. The van der Waals surface area contributed by atoms with Crippen LogP contribution in [0.15, 0.2) is 41.3 Å². The molecule has 2 aromatic rings. The van der Waals surface area contributed by atoms with Gasteiger partial charge in [-0.3, -0.25) is 0 Å². The van der Waals surface area contributed by atoms with E-state index in [9.17, 15) is 13.2 Å². The van der Waals surface area contributed by atoms with Crippen molar-refractivity contribution >= 4 is 16.0 Å². The highest BCUT2D eigenvalue weighted by molar-refractivity contribution is 7.89. The van der Waals surface area contributed by atoms with Crippen molar-refractivity contribution in [2.45, 2.75) is 25.7 Å². The van der Waals surface area contributed by atoms with Crippen molar-refractivity contribution in [1.82, 2.24) is 0 Å². The second kappa shape index (κ2) is 7.67. The van der Waals surface area contributed by atoms with Crippen molar-refractivity contribution in [3.63, 3.8) is 0 Å². The van der Waals surface area contributed by atoms with Crippen molar-refractivity contribution in [3.8, 4) is 5.75 Å². The molecule has 2 aromatic carbocycles. The SMILES string of the molecule is Cc1cc(C)c(C(=O)OCCOc2ccc(S(N)(=O)=O)cc2)c(C)c1. The van der Waals surface area contributed by atoms with Gasteiger partial charge in [-0.1, -0.05) is 17.7 Å². The Morgan fingerprint density at radius 2 is 1.56 bits per heavy atom. The van der Waals surface area contributed by atoms with Crippen LogP contribution in [0.4, 0.5) is 0 Å². The van der Waals surface area contributed by atoms with Gasteiger partial charge in [0.1, 0.15) is 19.0 Å². The van der Waals surface area contributed by atoms with Gasteiger partial charge in [-0.15, -0.1) is 0 Å². The van der Waals surface area contributed by atoms with Crippen molar-refractivity contribution in [2.75, 3.05) is 13.2 Å². The first-order chi connectivity index (χ1) is 11.7. The van der Waals surface area contributed by atoms with E-state index < -0.39 is 10.0 Å². The van der Waals surface area contributed by atoms with Crippen LogP contribution in [0.2, 0.25) is 0 Å². The summed E-state index contributed by atoms with van der Waals surface area (Å²) in [7, 11) is -3.72. The predicted octanol–water partition coefficient (Wildman–Crippen LogP) is 2.50. The summed E-state index contributed by atoms with van der Waals surface area (Å²) in [6.45, 7) is 5.97. The standard InChI is InChI=1S/C18H21NO5S/c1-12-10-13(2)17(14(3)11-12)18(20)24-9-8-23-15-4-6-16(7-5-15)25(19,21)22/h4-7,10-11H,8-9H2,1-3H3,(H2,19,21,22). The number of sulfonamides is 1. The third-order valence-corrected chi connectivity index (χ3v) is 4.55. The van der Waals surface area contributed by atoms with Crippen LogP contribution in [-0.4, -0.2) is 27.6 Å². The Bertz CT molecular complexity index is 850. The molecule has 6 nitrogen and oxygen atoms in total. The molecule has 0 saturated carbocycles. The maximum Gasteiger partial charge on any atom is 0.338 e. The number of carbonyl (C=O) groups is 1. The van der Waals surface area contributed by atoms with Gasteiger partial charge in [0, 0.05) is 0 Å². The second-order valence-corrected chi connectivity index (χ2v) is 7.34. The molecule has 2 N–H and O–H groups in total. The fraction of sp³-hybridized carbons (Fsp3) is 0.278. The molecule has 0 unspecified atom stereocenters. The Kier molecular flexibility index (Phi) is 5.81. The number of ether oxygens (including phenoxy) is 2. The van der Waals surface area contributed by atoms with Crippen molar-refractivity contribution < 1.29 is 22.7 Å². The van der Waals surface area contributed by atoms with Crippen molar-refractivity contribution in [1.29, 1.82) is 0 Å². The van der Waals surface area contributed by atoms with E-state index in [0.717, 1.165) is 16.7 Å². The molecule has 0 aliphatic heterocycles. The number of nitrogens with two attached hydrogens (primary N) is 1. The third-order valence-electron chi connectivity index (χ3n) is 3.62. The second-order valence-electron chi connectivity index (χ2n) is 5.77. The molecule has 7 heteroatoms. The predicted molar refractivity (Wildman–Crippen MR) is 94.2 cm³/mol. The fourth-order valence-corrected chi connectivity index (χ4v) is 3.11. The summed E-state index contributed by atoms with van der Waals surface area (Å²) in [5, 5.41) is 5.02. The summed E-state index contributed by atoms with van der Waals surface area (Å²) in [6, 6.07) is 9.58. The van der Waals surface area contributed by atoms with E-state index in [1.54, 1.807) is 0 Å². The molecular formula is C18H21NO5S. The van der Waals surface area contributed by atoms with Crippen LogP contribution >= 0.6 is 0 Å². The van der Waals surface area contributed by atoms with Gasteiger partial charge in [0.05, 0.1) is 10.5 Å². The molecule has 2 rings (SSSR count). The van der Waals surface area contributed by atoms with E-state index in [1.165, 1.54) is 24.3 Å². The minimum atomic E-state index is -3.72. The maximum absolute atomic E-state index is 12.2. The van der Waals surface area contributed by atoms with E-state index in [2.05, 4.69) is 0 Å². The summed E-state index contributed by atoms with van der Waals surface area (Å²) >= 11 is 0. The van der Waals surface area contributed by atoms with Crippen LogP contribution in [0, 0.1) is 20.8 Å². The Hall–Kier alpha value is -2.38. The number of hydrogen-bond donors (Lipinski definition) is 1. The lowest BCUT2D eigenvalue weighted by molar-refractivity contribution is 0.0448. The van der Waals surface area contributed by atoms with E-state index in [-0.39, 0.29) is 24.1 Å². The van der Waals surface area contributed by atoms with Gasteiger partial charge in [0.2, 0.25) is 10.0 Å². The van der Waals surface area contributed by atoms with E-state index in [1.807, 2.05) is 32.9 Å². The first kappa shape index (κ1) is 19.0. The summed E-state index contributed by atoms with van der Waals surface area (Å²) in [5.74, 6) is 0.0781. The molecule has 0 radical (unpaired) electrons. The average Bonchev–Trinajstić information content (AvgIpc) is 2.50. The topological polar surface area (TPSA) is 95.7 Å². The molecule has 25 heavy (non-hydrogen) atoms. The van der Waals surface area contributed by atoms with Crippen molar-refractivity contribution in [3.05, 3.63) is 58.7 Å². The number of carbonyl (C=O) groups excluding carboxylic acids is 1. The number of benzene rings is 2. The van der Waals surface area contributed by atoms with Crippen LogP contribution in [0.3, 0.4) is 0 Å². The molecule has 0 amide bonds. The molecule has 0 fully saturated rings. The smallest absolute Gasteiger partial charge is 0.338 e. The van der Waals surface area contributed by atoms with Crippen LogP contribution in [0.5, 0.6) is 5.75 Å². The van der Waals surface area contributed by atoms with Crippen LogP contribution in [-0.2, 0) is 14.8 Å². The third kappa shape index (κ3) is 5.04. The number of rotatable bonds is 6.